The van der Waals surface area contributed by atoms with Crippen molar-refractivity contribution in [1.82, 2.24) is 9.80 Å². The van der Waals surface area contributed by atoms with Crippen LogP contribution in [0.25, 0.3) is 0 Å². The number of ether oxygens (including phenoxy) is 1. The van der Waals surface area contributed by atoms with E-state index in [-0.39, 0.29) is 11.9 Å². The molecular weight excluding hydrogens is 232 g/mol. The van der Waals surface area contributed by atoms with Crippen molar-refractivity contribution in [3.63, 3.8) is 0 Å². The topological polar surface area (TPSA) is 53.0 Å². The molecule has 104 valence electrons. The fraction of sp³-hybridized carbons (Fsp3) is 0.923. The number of likely N-dealkylation sites (tertiary alicyclic amines) is 1. The molecule has 1 amide bonds. The zero-order chi connectivity index (χ0) is 13.3. The number of carbonyl (C=O) groups is 1. The Morgan fingerprint density at radius 2 is 2.28 bits per heavy atom. The van der Waals surface area contributed by atoms with E-state index in [1.54, 1.807) is 0 Å². The highest BCUT2D eigenvalue weighted by Crippen LogP contribution is 2.30. The van der Waals surface area contributed by atoms with Gasteiger partial charge in [0.1, 0.15) is 5.60 Å². The molecule has 0 saturated carbocycles. The van der Waals surface area contributed by atoms with E-state index in [2.05, 4.69) is 4.90 Å². The minimum Gasteiger partial charge on any atom is -0.391 e. The molecule has 3 unspecified atom stereocenters. The van der Waals surface area contributed by atoms with E-state index in [4.69, 9.17) is 4.74 Å². The van der Waals surface area contributed by atoms with Gasteiger partial charge in [-0.15, -0.1) is 0 Å². The van der Waals surface area contributed by atoms with E-state index in [9.17, 15) is 9.90 Å². The Hall–Kier alpha value is -0.650. The highest BCUT2D eigenvalue weighted by atomic mass is 16.5. The Balaban J connectivity index is 2.07. The number of β-amino-alcohol motifs (C(OH)–C–C–N with tert-alkyl or cyclic N) is 1. The average molecular weight is 256 g/mol. The summed E-state index contributed by atoms with van der Waals surface area (Å²) in [6.45, 7) is 3.77. The van der Waals surface area contributed by atoms with E-state index in [1.165, 1.54) is 0 Å². The first-order valence-corrected chi connectivity index (χ1v) is 6.70. The third kappa shape index (κ3) is 2.68. The van der Waals surface area contributed by atoms with Crippen molar-refractivity contribution in [2.24, 2.45) is 0 Å². The van der Waals surface area contributed by atoms with Gasteiger partial charge in [0.05, 0.1) is 6.10 Å². The van der Waals surface area contributed by atoms with Gasteiger partial charge in [0, 0.05) is 25.7 Å². The van der Waals surface area contributed by atoms with Crippen LogP contribution >= 0.6 is 0 Å². The first-order valence-electron chi connectivity index (χ1n) is 6.70. The molecule has 0 aromatic rings. The minimum atomic E-state index is -0.672. The lowest BCUT2D eigenvalue weighted by Crippen LogP contribution is -2.51. The molecule has 0 aliphatic carbocycles. The lowest BCUT2D eigenvalue weighted by atomic mass is 10.0. The SMILES string of the molecule is CN(C)CC1CC(O)CN1C(=O)C1(C)CCCO1. The first-order chi connectivity index (χ1) is 8.42. The van der Waals surface area contributed by atoms with Crippen LogP contribution in [0, 0.1) is 0 Å². The predicted octanol–water partition coefficient (Wildman–Crippen LogP) is 0.0789. The van der Waals surface area contributed by atoms with Crippen LogP contribution in [0.1, 0.15) is 26.2 Å². The third-order valence-electron chi connectivity index (χ3n) is 3.90. The summed E-state index contributed by atoms with van der Waals surface area (Å²) >= 11 is 0. The van der Waals surface area contributed by atoms with E-state index in [0.29, 0.717) is 19.6 Å². The van der Waals surface area contributed by atoms with Crippen LogP contribution in [-0.4, -0.2) is 72.4 Å². The predicted molar refractivity (Wildman–Crippen MR) is 68.3 cm³/mol. The molecule has 2 fully saturated rings. The standard InChI is InChI=1S/C13H24N2O3/c1-13(5-4-6-18-13)12(17)15-9-11(16)7-10(15)8-14(2)3/h10-11,16H,4-9H2,1-3H3. The smallest absolute Gasteiger partial charge is 0.254 e. The monoisotopic (exact) mass is 256 g/mol. The molecule has 0 aromatic heterocycles. The van der Waals surface area contributed by atoms with Crippen LogP contribution < -0.4 is 0 Å². The van der Waals surface area contributed by atoms with Gasteiger partial charge in [0.2, 0.25) is 0 Å². The molecule has 3 atom stereocenters. The molecule has 2 saturated heterocycles. The zero-order valence-corrected chi connectivity index (χ0v) is 11.6. The van der Waals surface area contributed by atoms with Crippen LogP contribution in [0.4, 0.5) is 0 Å². The number of hydrogen-bond donors (Lipinski definition) is 1. The maximum atomic E-state index is 12.6. The Morgan fingerprint density at radius 1 is 1.56 bits per heavy atom. The van der Waals surface area contributed by atoms with Crippen molar-refractivity contribution in [1.29, 1.82) is 0 Å². The zero-order valence-electron chi connectivity index (χ0n) is 11.6. The maximum Gasteiger partial charge on any atom is 0.254 e. The highest BCUT2D eigenvalue weighted by molar-refractivity contribution is 5.85. The molecule has 18 heavy (non-hydrogen) atoms. The van der Waals surface area contributed by atoms with E-state index in [1.807, 2.05) is 25.9 Å². The van der Waals surface area contributed by atoms with Gasteiger partial charge in [0.25, 0.3) is 5.91 Å². The van der Waals surface area contributed by atoms with Crippen molar-refractivity contribution < 1.29 is 14.6 Å². The van der Waals surface area contributed by atoms with Gasteiger partial charge in [-0.25, -0.2) is 0 Å². The summed E-state index contributed by atoms with van der Waals surface area (Å²) < 4.78 is 5.62. The van der Waals surface area contributed by atoms with Crippen molar-refractivity contribution in [3.8, 4) is 0 Å². The summed E-state index contributed by atoms with van der Waals surface area (Å²) in [5.41, 5.74) is -0.672. The van der Waals surface area contributed by atoms with E-state index in [0.717, 1.165) is 19.4 Å². The lowest BCUT2D eigenvalue weighted by molar-refractivity contribution is -0.152. The van der Waals surface area contributed by atoms with Crippen LogP contribution in [0.3, 0.4) is 0 Å². The Labute approximate surface area is 109 Å². The second kappa shape index (κ2) is 5.15. The van der Waals surface area contributed by atoms with Crippen molar-refractivity contribution in [2.45, 2.75) is 43.9 Å². The quantitative estimate of drug-likeness (QED) is 0.777. The lowest BCUT2D eigenvalue weighted by Gasteiger charge is -2.33. The Bertz CT molecular complexity index is 313. The van der Waals surface area contributed by atoms with Gasteiger partial charge in [0.15, 0.2) is 0 Å². The van der Waals surface area contributed by atoms with E-state index < -0.39 is 11.7 Å². The molecule has 1 N–H and O–H groups in total. The summed E-state index contributed by atoms with van der Waals surface area (Å²) in [4.78, 5) is 16.4. The number of likely N-dealkylation sites (N-methyl/N-ethyl adjacent to an activating group) is 1. The van der Waals surface area contributed by atoms with Gasteiger partial charge in [-0.1, -0.05) is 0 Å². The summed E-state index contributed by atoms with van der Waals surface area (Å²) in [5, 5.41) is 9.81. The highest BCUT2D eigenvalue weighted by Gasteiger charge is 2.45. The van der Waals surface area contributed by atoms with Crippen LogP contribution in [0.2, 0.25) is 0 Å². The molecule has 2 aliphatic rings. The number of hydrogen-bond acceptors (Lipinski definition) is 4. The Kier molecular flexibility index (Phi) is 3.94. The summed E-state index contributed by atoms with van der Waals surface area (Å²) in [5.74, 6) is 0.0448. The molecule has 0 radical (unpaired) electrons. The number of aliphatic hydroxyl groups excluding tert-OH is 1. The van der Waals surface area contributed by atoms with Gasteiger partial charge in [-0.3, -0.25) is 4.79 Å². The van der Waals surface area contributed by atoms with Crippen LogP contribution in [0.15, 0.2) is 0 Å². The van der Waals surface area contributed by atoms with Gasteiger partial charge >= 0.3 is 0 Å². The molecular formula is C13H24N2O3. The van der Waals surface area contributed by atoms with Crippen LogP contribution in [0.5, 0.6) is 0 Å². The molecule has 2 aliphatic heterocycles. The number of nitrogens with zero attached hydrogens (tertiary/aromatic N) is 2. The van der Waals surface area contributed by atoms with Crippen molar-refractivity contribution in [2.75, 3.05) is 33.8 Å². The summed E-state index contributed by atoms with van der Waals surface area (Å²) in [7, 11) is 3.97. The number of rotatable bonds is 3. The fourth-order valence-electron chi connectivity index (χ4n) is 2.99. The summed E-state index contributed by atoms with van der Waals surface area (Å²) in [6, 6.07) is 0.100. The van der Waals surface area contributed by atoms with Gasteiger partial charge < -0.3 is 19.6 Å². The van der Waals surface area contributed by atoms with Crippen molar-refractivity contribution in [3.05, 3.63) is 0 Å². The molecule has 0 bridgehead atoms. The largest absolute Gasteiger partial charge is 0.391 e. The number of amides is 1. The second-order valence-corrected chi connectivity index (χ2v) is 5.95. The van der Waals surface area contributed by atoms with Gasteiger partial charge in [-0.05, 0) is 40.3 Å². The second-order valence-electron chi connectivity index (χ2n) is 5.95. The summed E-state index contributed by atoms with van der Waals surface area (Å²) in [6.07, 6.45) is 1.99. The van der Waals surface area contributed by atoms with Crippen LogP contribution in [-0.2, 0) is 9.53 Å². The normalized spacial score (nSPS) is 36.6. The fourth-order valence-corrected chi connectivity index (χ4v) is 2.99. The average Bonchev–Trinajstić information content (AvgIpc) is 2.85. The molecule has 0 spiro atoms. The number of carbonyl (C=O) groups excluding carboxylic acids is 1. The van der Waals surface area contributed by atoms with Gasteiger partial charge in [-0.2, -0.15) is 0 Å². The van der Waals surface area contributed by atoms with Crippen molar-refractivity contribution >= 4 is 5.91 Å². The molecule has 5 heteroatoms. The van der Waals surface area contributed by atoms with E-state index >= 15 is 0 Å². The third-order valence-corrected chi connectivity index (χ3v) is 3.90. The molecule has 0 aromatic carbocycles. The molecule has 5 nitrogen and oxygen atoms in total. The first kappa shape index (κ1) is 13.8. The minimum absolute atomic E-state index is 0.0448. The Morgan fingerprint density at radius 3 is 2.83 bits per heavy atom. The molecule has 2 heterocycles. The number of aliphatic hydroxyl groups is 1. The molecule has 2 rings (SSSR count). The maximum absolute atomic E-state index is 12.6.